The van der Waals surface area contributed by atoms with Crippen LogP contribution in [0.3, 0.4) is 0 Å². The molecule has 2 N–H and O–H groups in total. The van der Waals surface area contributed by atoms with Crippen molar-refractivity contribution in [2.75, 3.05) is 0 Å². The number of carbonyl (C=O) groups is 1. The van der Waals surface area contributed by atoms with Gasteiger partial charge in [-0.05, 0) is 57.5 Å². The highest BCUT2D eigenvalue weighted by atomic mass is 16.7. The van der Waals surface area contributed by atoms with Gasteiger partial charge >= 0.3 is 0 Å². The first kappa shape index (κ1) is 18.0. The molecule has 5 heteroatoms. The van der Waals surface area contributed by atoms with Crippen molar-refractivity contribution in [3.05, 3.63) is 60.2 Å². The Morgan fingerprint density at radius 1 is 0.917 bits per heavy atom. The van der Waals surface area contributed by atoms with Crippen molar-refractivity contribution in [3.63, 3.8) is 0 Å². The van der Waals surface area contributed by atoms with Crippen LogP contribution in [-0.2, 0) is 15.2 Å². The van der Waals surface area contributed by atoms with Gasteiger partial charge in [-0.1, -0.05) is 30.3 Å². The molecule has 0 aliphatic carbocycles. The number of carbonyl (C=O) groups excluding carboxylic acids is 1. The van der Waals surface area contributed by atoms with Crippen molar-refractivity contribution in [2.45, 2.75) is 38.9 Å². The third-order valence-electron chi connectivity index (χ3n) is 3.29. The minimum Gasteiger partial charge on any atom is -0.457 e. The topological polar surface area (TPSA) is 67.8 Å². The average molecular weight is 329 g/mol. The van der Waals surface area contributed by atoms with E-state index in [1.165, 1.54) is 6.92 Å². The second kappa shape index (κ2) is 7.03. The summed E-state index contributed by atoms with van der Waals surface area (Å²) in [4.78, 5) is 17.4. The molecule has 1 atom stereocenters. The van der Waals surface area contributed by atoms with Crippen LogP contribution in [0, 0.1) is 0 Å². The lowest BCUT2D eigenvalue weighted by Gasteiger charge is -2.26. The molecular weight excluding hydrogens is 306 g/mol. The predicted octanol–water partition coefficient (Wildman–Crippen LogP) is 3.53. The van der Waals surface area contributed by atoms with Crippen LogP contribution in [0.25, 0.3) is 0 Å². The molecular formula is C19H23NO4. The zero-order chi connectivity index (χ0) is 17.8. The molecule has 128 valence electrons. The lowest BCUT2D eigenvalue weighted by atomic mass is 9.95. The molecule has 0 saturated carbocycles. The maximum atomic E-state index is 12.2. The zero-order valence-electron chi connectivity index (χ0n) is 14.4. The molecule has 2 aromatic rings. The number of amides is 1. The molecule has 2 aromatic carbocycles. The highest BCUT2D eigenvalue weighted by molar-refractivity contribution is 5.85. The fourth-order valence-corrected chi connectivity index (χ4v) is 1.90. The summed E-state index contributed by atoms with van der Waals surface area (Å²) in [7, 11) is 0. The fraction of sp³-hybridized carbons (Fsp3) is 0.316. The van der Waals surface area contributed by atoms with Crippen LogP contribution < -0.4 is 10.2 Å². The van der Waals surface area contributed by atoms with Crippen LogP contribution in [-0.4, -0.2) is 16.6 Å². The molecule has 0 spiro atoms. The van der Waals surface area contributed by atoms with E-state index in [1.807, 2.05) is 30.3 Å². The summed E-state index contributed by atoms with van der Waals surface area (Å²) in [5.74, 6) is 0.703. The van der Waals surface area contributed by atoms with Gasteiger partial charge in [0.2, 0.25) is 0 Å². The van der Waals surface area contributed by atoms with Crippen molar-refractivity contribution in [2.24, 2.45) is 0 Å². The summed E-state index contributed by atoms with van der Waals surface area (Å²) in [6.45, 7) is 6.83. The zero-order valence-corrected chi connectivity index (χ0v) is 14.4. The normalized spacial score (nSPS) is 13.9. The average Bonchev–Trinajstić information content (AvgIpc) is 2.53. The smallest absolute Gasteiger partial charge is 0.279 e. The van der Waals surface area contributed by atoms with E-state index in [-0.39, 0.29) is 0 Å². The van der Waals surface area contributed by atoms with Gasteiger partial charge in [-0.2, -0.15) is 0 Å². The fourth-order valence-electron chi connectivity index (χ4n) is 1.90. The van der Waals surface area contributed by atoms with E-state index >= 15 is 0 Å². The molecule has 0 aromatic heterocycles. The van der Waals surface area contributed by atoms with Crippen molar-refractivity contribution in [1.82, 2.24) is 5.48 Å². The van der Waals surface area contributed by atoms with Gasteiger partial charge < -0.3 is 9.84 Å². The third kappa shape index (κ3) is 4.81. The quantitative estimate of drug-likeness (QED) is 0.824. The number of aliphatic hydroxyl groups is 1. The van der Waals surface area contributed by atoms with E-state index < -0.39 is 17.1 Å². The van der Waals surface area contributed by atoms with Crippen LogP contribution in [0.1, 0.15) is 33.3 Å². The van der Waals surface area contributed by atoms with Crippen molar-refractivity contribution < 1.29 is 19.5 Å². The molecule has 0 heterocycles. The number of rotatable bonds is 5. The molecule has 1 unspecified atom stereocenters. The van der Waals surface area contributed by atoms with E-state index in [9.17, 15) is 9.90 Å². The van der Waals surface area contributed by atoms with Gasteiger partial charge in [-0.15, -0.1) is 0 Å². The highest BCUT2D eigenvalue weighted by Crippen LogP contribution is 2.26. The largest absolute Gasteiger partial charge is 0.457 e. The molecule has 2 rings (SSSR count). The van der Waals surface area contributed by atoms with E-state index in [2.05, 4.69) is 5.48 Å². The lowest BCUT2D eigenvalue weighted by Crippen LogP contribution is -2.45. The van der Waals surface area contributed by atoms with Gasteiger partial charge in [-0.25, -0.2) is 5.48 Å². The number of hydrogen-bond donors (Lipinski definition) is 2. The second-order valence-corrected chi connectivity index (χ2v) is 6.66. The van der Waals surface area contributed by atoms with Gasteiger partial charge in [0.25, 0.3) is 5.91 Å². The minimum absolute atomic E-state index is 0.443. The van der Waals surface area contributed by atoms with E-state index in [1.54, 1.807) is 45.0 Å². The second-order valence-electron chi connectivity index (χ2n) is 6.66. The summed E-state index contributed by atoms with van der Waals surface area (Å²) in [6, 6.07) is 16.1. The summed E-state index contributed by atoms with van der Waals surface area (Å²) in [5, 5.41) is 10.5. The van der Waals surface area contributed by atoms with E-state index in [0.717, 1.165) is 0 Å². The van der Waals surface area contributed by atoms with Crippen molar-refractivity contribution in [3.8, 4) is 11.5 Å². The first-order valence-corrected chi connectivity index (χ1v) is 7.73. The standard InChI is InChI=1S/C19H23NO4/c1-18(2,3)24-20-17(21)19(4,22)14-10-12-16(13-11-14)23-15-8-6-5-7-9-15/h5-13,22H,1-4H3,(H,20,21). The van der Waals surface area contributed by atoms with E-state index in [4.69, 9.17) is 9.57 Å². The first-order valence-electron chi connectivity index (χ1n) is 7.73. The van der Waals surface area contributed by atoms with Gasteiger partial charge in [0.05, 0.1) is 5.60 Å². The molecule has 24 heavy (non-hydrogen) atoms. The van der Waals surface area contributed by atoms with Crippen LogP contribution in [0.5, 0.6) is 11.5 Å². The first-order chi connectivity index (χ1) is 11.2. The van der Waals surface area contributed by atoms with Crippen LogP contribution in [0.2, 0.25) is 0 Å². The molecule has 0 fully saturated rings. The Kier molecular flexibility index (Phi) is 5.26. The Bertz CT molecular complexity index is 673. The van der Waals surface area contributed by atoms with E-state index in [0.29, 0.717) is 17.1 Å². The summed E-state index contributed by atoms with van der Waals surface area (Å²) < 4.78 is 5.69. The number of benzene rings is 2. The number of nitrogens with one attached hydrogen (secondary N) is 1. The van der Waals surface area contributed by atoms with Gasteiger partial charge in [0.15, 0.2) is 5.60 Å². The van der Waals surface area contributed by atoms with Gasteiger partial charge in [-0.3, -0.25) is 9.63 Å². The number of hydroxylamine groups is 1. The SMILES string of the molecule is CC(C)(C)ONC(=O)C(C)(O)c1ccc(Oc2ccccc2)cc1. The van der Waals surface area contributed by atoms with Crippen molar-refractivity contribution >= 4 is 5.91 Å². The number of hydrogen-bond acceptors (Lipinski definition) is 4. The van der Waals surface area contributed by atoms with Crippen LogP contribution >= 0.6 is 0 Å². The minimum atomic E-state index is -1.71. The monoisotopic (exact) mass is 329 g/mol. The molecule has 0 aliphatic heterocycles. The van der Waals surface area contributed by atoms with Gasteiger partial charge in [0.1, 0.15) is 11.5 Å². The highest BCUT2D eigenvalue weighted by Gasteiger charge is 2.33. The van der Waals surface area contributed by atoms with Crippen molar-refractivity contribution in [1.29, 1.82) is 0 Å². The summed E-state index contributed by atoms with van der Waals surface area (Å²) >= 11 is 0. The Hall–Kier alpha value is -2.37. The van der Waals surface area contributed by atoms with Crippen LogP contribution in [0.4, 0.5) is 0 Å². The lowest BCUT2D eigenvalue weighted by molar-refractivity contribution is -0.163. The molecule has 0 saturated heterocycles. The Morgan fingerprint density at radius 3 is 2.00 bits per heavy atom. The maximum Gasteiger partial charge on any atom is 0.279 e. The number of para-hydroxylation sites is 1. The molecule has 0 radical (unpaired) electrons. The molecule has 5 nitrogen and oxygen atoms in total. The Balaban J connectivity index is 2.06. The molecule has 0 aliphatic rings. The molecule has 1 amide bonds. The Labute approximate surface area is 142 Å². The Morgan fingerprint density at radius 2 is 1.46 bits per heavy atom. The molecule has 0 bridgehead atoms. The van der Waals surface area contributed by atoms with Gasteiger partial charge in [0, 0.05) is 0 Å². The summed E-state index contributed by atoms with van der Waals surface area (Å²) in [5.41, 5.74) is 0.484. The van der Waals surface area contributed by atoms with Crippen LogP contribution in [0.15, 0.2) is 54.6 Å². The third-order valence-corrected chi connectivity index (χ3v) is 3.29. The maximum absolute atomic E-state index is 12.2. The number of ether oxygens (including phenoxy) is 1. The predicted molar refractivity (Wildman–Crippen MR) is 91.5 cm³/mol. The summed E-state index contributed by atoms with van der Waals surface area (Å²) in [6.07, 6.45) is 0.